The van der Waals surface area contributed by atoms with Gasteiger partial charge in [0.2, 0.25) is 5.89 Å². The molecular weight excluding hydrogens is 320 g/mol. The molecule has 3 aromatic rings. The molecule has 0 radical (unpaired) electrons. The van der Waals surface area contributed by atoms with Crippen molar-refractivity contribution in [2.75, 3.05) is 0 Å². The molecule has 0 aliphatic rings. The molecule has 2 aromatic heterocycles. The lowest BCUT2D eigenvalue weighted by Crippen LogP contribution is -1.90. The van der Waals surface area contributed by atoms with Crippen molar-refractivity contribution in [3.63, 3.8) is 0 Å². The summed E-state index contributed by atoms with van der Waals surface area (Å²) in [4.78, 5) is 12.5. The van der Waals surface area contributed by atoms with Crippen molar-refractivity contribution in [2.45, 2.75) is 50.4 Å². The lowest BCUT2D eigenvalue weighted by molar-refractivity contribution is 0.384. The summed E-state index contributed by atoms with van der Waals surface area (Å²) in [5, 5.41) is 4.91. The van der Waals surface area contributed by atoms with E-state index in [1.807, 2.05) is 6.07 Å². The minimum atomic E-state index is 0.636. The third-order valence-corrected chi connectivity index (χ3v) is 4.63. The van der Waals surface area contributed by atoms with Gasteiger partial charge in [-0.25, -0.2) is 4.98 Å². The van der Waals surface area contributed by atoms with Crippen LogP contribution in [0.15, 0.2) is 40.0 Å². The van der Waals surface area contributed by atoms with Gasteiger partial charge in [0.05, 0.1) is 11.4 Å². The number of hydrogen-bond acceptors (Lipinski definition) is 5. The monoisotopic (exact) mass is 342 g/mol. The summed E-state index contributed by atoms with van der Waals surface area (Å²) >= 11 is 1.59. The average molecular weight is 342 g/mol. The molecule has 0 saturated carbocycles. The van der Waals surface area contributed by atoms with Crippen LogP contribution in [-0.4, -0.2) is 20.1 Å². The molecule has 0 saturated heterocycles. The number of aromatic nitrogens is 4. The quantitative estimate of drug-likeness (QED) is 0.617. The fourth-order valence-electron chi connectivity index (χ4n) is 2.41. The van der Waals surface area contributed by atoms with E-state index < -0.39 is 0 Å². The second kappa shape index (κ2) is 8.15. The predicted molar refractivity (Wildman–Crippen MR) is 95.0 cm³/mol. The Bertz CT molecular complexity index is 766. The zero-order valence-electron chi connectivity index (χ0n) is 14.1. The van der Waals surface area contributed by atoms with Crippen LogP contribution in [0.4, 0.5) is 0 Å². The van der Waals surface area contributed by atoms with Crippen LogP contribution >= 0.6 is 11.8 Å². The van der Waals surface area contributed by atoms with Crippen LogP contribution in [0.25, 0.3) is 0 Å². The fraction of sp³-hybridized carbons (Fsp3) is 0.389. The van der Waals surface area contributed by atoms with Gasteiger partial charge in [-0.15, -0.1) is 0 Å². The van der Waals surface area contributed by atoms with Crippen molar-refractivity contribution in [2.24, 2.45) is 0 Å². The summed E-state index contributed by atoms with van der Waals surface area (Å²) in [6, 6.07) is 10.4. The Balaban J connectivity index is 1.58. The molecular formula is C18H22N4OS. The Labute approximate surface area is 146 Å². The smallest absolute Gasteiger partial charge is 0.237 e. The van der Waals surface area contributed by atoms with Gasteiger partial charge < -0.3 is 9.51 Å². The highest BCUT2D eigenvalue weighted by molar-refractivity contribution is 7.98. The molecule has 0 amide bonds. The second-order valence-corrected chi connectivity index (χ2v) is 6.74. The zero-order chi connectivity index (χ0) is 16.8. The van der Waals surface area contributed by atoms with Gasteiger partial charge in [-0.2, -0.15) is 4.98 Å². The van der Waals surface area contributed by atoms with E-state index in [4.69, 9.17) is 9.51 Å². The van der Waals surface area contributed by atoms with Gasteiger partial charge in [0.25, 0.3) is 0 Å². The van der Waals surface area contributed by atoms with Gasteiger partial charge in [0.15, 0.2) is 11.0 Å². The summed E-state index contributed by atoms with van der Waals surface area (Å²) in [6.07, 6.45) is 3.94. The normalized spacial score (nSPS) is 11.1. The zero-order valence-corrected chi connectivity index (χ0v) is 14.9. The highest BCUT2D eigenvalue weighted by atomic mass is 32.2. The Morgan fingerprint density at radius 1 is 1.17 bits per heavy atom. The van der Waals surface area contributed by atoms with Crippen LogP contribution < -0.4 is 0 Å². The van der Waals surface area contributed by atoms with Crippen LogP contribution in [0.1, 0.15) is 48.4 Å². The minimum absolute atomic E-state index is 0.636. The first-order valence-electron chi connectivity index (χ1n) is 8.28. The first-order chi connectivity index (χ1) is 11.7. The average Bonchev–Trinajstić information content (AvgIpc) is 3.19. The standard InChI is InChI=1S/C18H22N4OS/c1-3-4-10-16-21-17(23-22-16)12-24-18-19-13(2)15(20-18)11-14-8-6-5-7-9-14/h5-9H,3-4,10-12H2,1-2H3,(H,19,20). The van der Waals surface area contributed by atoms with Gasteiger partial charge in [-0.3, -0.25) is 0 Å². The number of aryl methyl sites for hydroxylation is 2. The molecule has 3 rings (SSSR count). The predicted octanol–water partition coefficient (Wildman–Crippen LogP) is 4.33. The number of nitrogens with one attached hydrogen (secondary N) is 1. The highest BCUT2D eigenvalue weighted by Crippen LogP contribution is 2.22. The number of imidazole rings is 1. The number of H-pyrrole nitrogens is 1. The van der Waals surface area contributed by atoms with Gasteiger partial charge in [0, 0.05) is 18.5 Å². The molecule has 1 N–H and O–H groups in total. The number of rotatable bonds is 8. The Morgan fingerprint density at radius 2 is 2.00 bits per heavy atom. The summed E-state index contributed by atoms with van der Waals surface area (Å²) in [5.41, 5.74) is 3.45. The maximum Gasteiger partial charge on any atom is 0.237 e. The van der Waals surface area contributed by atoms with Gasteiger partial charge in [-0.05, 0) is 18.9 Å². The first-order valence-corrected chi connectivity index (χ1v) is 9.27. The Morgan fingerprint density at radius 3 is 2.79 bits per heavy atom. The van der Waals surface area contributed by atoms with E-state index >= 15 is 0 Å². The van der Waals surface area contributed by atoms with Gasteiger partial charge in [0.1, 0.15) is 0 Å². The van der Waals surface area contributed by atoms with Crippen molar-refractivity contribution in [3.8, 4) is 0 Å². The van der Waals surface area contributed by atoms with Crippen LogP contribution in [0.5, 0.6) is 0 Å². The van der Waals surface area contributed by atoms with Gasteiger partial charge in [-0.1, -0.05) is 60.6 Å². The van der Waals surface area contributed by atoms with Crippen LogP contribution in [0, 0.1) is 6.92 Å². The number of hydrogen-bond donors (Lipinski definition) is 1. The number of aromatic amines is 1. The topological polar surface area (TPSA) is 67.6 Å². The van der Waals surface area contributed by atoms with Crippen LogP contribution in [-0.2, 0) is 18.6 Å². The van der Waals surface area contributed by atoms with E-state index in [1.54, 1.807) is 11.8 Å². The van der Waals surface area contributed by atoms with Crippen molar-refractivity contribution >= 4 is 11.8 Å². The second-order valence-electron chi connectivity index (χ2n) is 5.77. The summed E-state index contributed by atoms with van der Waals surface area (Å²) in [5.74, 6) is 2.09. The highest BCUT2D eigenvalue weighted by Gasteiger charge is 2.11. The van der Waals surface area contributed by atoms with Crippen molar-refractivity contribution < 1.29 is 4.52 Å². The Kier molecular flexibility index (Phi) is 5.69. The van der Waals surface area contributed by atoms with Crippen molar-refractivity contribution in [1.29, 1.82) is 0 Å². The molecule has 1 aromatic carbocycles. The minimum Gasteiger partial charge on any atom is -0.338 e. The molecule has 5 nitrogen and oxygen atoms in total. The third-order valence-electron chi connectivity index (χ3n) is 3.77. The van der Waals surface area contributed by atoms with E-state index in [0.717, 1.165) is 48.1 Å². The number of nitrogens with zero attached hydrogens (tertiary/aromatic N) is 3. The molecule has 2 heterocycles. The van der Waals surface area contributed by atoms with Crippen molar-refractivity contribution in [1.82, 2.24) is 20.1 Å². The largest absolute Gasteiger partial charge is 0.338 e. The third kappa shape index (κ3) is 4.47. The van der Waals surface area contributed by atoms with Crippen LogP contribution in [0.2, 0.25) is 0 Å². The molecule has 0 spiro atoms. The molecule has 0 bridgehead atoms. The fourth-order valence-corrected chi connectivity index (χ4v) is 3.19. The molecule has 6 heteroatoms. The first kappa shape index (κ1) is 16.8. The molecule has 0 fully saturated rings. The van der Waals surface area contributed by atoms with E-state index in [-0.39, 0.29) is 0 Å². The summed E-state index contributed by atoms with van der Waals surface area (Å²) in [7, 11) is 0. The van der Waals surface area contributed by atoms with E-state index in [1.165, 1.54) is 5.56 Å². The SMILES string of the molecule is CCCCc1noc(CSc2nc(Cc3ccccc3)c(C)[nH]2)n1. The molecule has 24 heavy (non-hydrogen) atoms. The number of thioether (sulfide) groups is 1. The maximum absolute atomic E-state index is 5.29. The molecule has 0 atom stereocenters. The maximum atomic E-state index is 5.29. The summed E-state index contributed by atoms with van der Waals surface area (Å²) < 4.78 is 5.29. The van der Waals surface area contributed by atoms with Crippen molar-refractivity contribution in [3.05, 3.63) is 59.0 Å². The molecule has 0 aliphatic carbocycles. The molecule has 126 valence electrons. The van der Waals surface area contributed by atoms with Crippen LogP contribution in [0.3, 0.4) is 0 Å². The van der Waals surface area contributed by atoms with E-state index in [2.05, 4.69) is 53.2 Å². The summed E-state index contributed by atoms with van der Waals surface area (Å²) in [6.45, 7) is 4.22. The molecule has 0 aliphatic heterocycles. The lowest BCUT2D eigenvalue weighted by atomic mass is 10.1. The van der Waals surface area contributed by atoms with E-state index in [9.17, 15) is 0 Å². The Hall–Kier alpha value is -2.08. The van der Waals surface area contributed by atoms with E-state index in [0.29, 0.717) is 11.6 Å². The number of benzene rings is 1. The molecule has 0 unspecified atom stereocenters. The number of unbranched alkanes of at least 4 members (excludes halogenated alkanes) is 1. The lowest BCUT2D eigenvalue weighted by Gasteiger charge is -1.98. The van der Waals surface area contributed by atoms with Gasteiger partial charge >= 0.3 is 0 Å².